The van der Waals surface area contributed by atoms with Gasteiger partial charge in [0.2, 0.25) is 0 Å². The number of rotatable bonds is 15. The Balaban J connectivity index is 1.67. The van der Waals surface area contributed by atoms with E-state index in [4.69, 9.17) is 4.74 Å². The second-order valence-electron chi connectivity index (χ2n) is 7.98. The van der Waals surface area contributed by atoms with Crippen LogP contribution in [0.2, 0.25) is 4.82 Å². The molecular weight excluding hydrogens is 411 g/mol. The number of ether oxygens (including phenoxy) is 1. The maximum atomic E-state index is 12.2. The van der Waals surface area contributed by atoms with Crippen LogP contribution in [0.15, 0.2) is 42.0 Å². The van der Waals surface area contributed by atoms with Crippen LogP contribution in [0.25, 0.3) is 0 Å². The monoisotopic (exact) mass is 450 g/mol. The van der Waals surface area contributed by atoms with E-state index in [2.05, 4.69) is 43.3 Å². The molecule has 0 aliphatic carbocycles. The van der Waals surface area contributed by atoms with Crippen molar-refractivity contribution in [3.63, 3.8) is 0 Å². The van der Waals surface area contributed by atoms with Gasteiger partial charge in [0.05, 0.1) is 0 Å². The SMILES string of the molecule is CCCCCCCCCCCCCC([Se]c1ccccc1)C1=CC(C)OC1=O. The summed E-state index contributed by atoms with van der Waals surface area (Å²) in [4.78, 5) is 12.6. The van der Waals surface area contributed by atoms with Crippen LogP contribution in [0.1, 0.15) is 90.9 Å². The number of hydrogen-bond acceptors (Lipinski definition) is 2. The summed E-state index contributed by atoms with van der Waals surface area (Å²) in [5.41, 5.74) is 0.934. The van der Waals surface area contributed by atoms with Crippen LogP contribution in [0, 0.1) is 0 Å². The summed E-state index contributed by atoms with van der Waals surface area (Å²) in [6, 6.07) is 10.6. The van der Waals surface area contributed by atoms with Gasteiger partial charge in [0.15, 0.2) is 0 Å². The molecule has 1 aromatic rings. The fourth-order valence-electron chi connectivity index (χ4n) is 3.77. The van der Waals surface area contributed by atoms with E-state index in [-0.39, 0.29) is 27.0 Å². The summed E-state index contributed by atoms with van der Waals surface area (Å²) < 4.78 is 6.75. The number of carbonyl (C=O) groups excluding carboxylic acids is 1. The Bertz CT molecular complexity index is 581. The van der Waals surface area contributed by atoms with Crippen molar-refractivity contribution >= 4 is 25.4 Å². The summed E-state index contributed by atoms with van der Waals surface area (Å²) in [7, 11) is 0. The third-order valence-corrected chi connectivity index (χ3v) is 8.15. The molecule has 0 radical (unpaired) electrons. The van der Waals surface area contributed by atoms with Gasteiger partial charge in [-0.15, -0.1) is 0 Å². The van der Waals surface area contributed by atoms with Gasteiger partial charge < -0.3 is 0 Å². The predicted octanol–water partition coefficient (Wildman–Crippen LogP) is 6.38. The number of cyclic esters (lactones) is 1. The van der Waals surface area contributed by atoms with Crippen LogP contribution in [0.4, 0.5) is 0 Å². The molecule has 0 saturated heterocycles. The molecule has 2 rings (SSSR count). The van der Waals surface area contributed by atoms with Crippen molar-refractivity contribution in [2.24, 2.45) is 0 Å². The van der Waals surface area contributed by atoms with E-state index in [0.29, 0.717) is 4.82 Å². The van der Waals surface area contributed by atoms with Gasteiger partial charge in [-0.05, 0) is 0 Å². The van der Waals surface area contributed by atoms with E-state index in [9.17, 15) is 4.79 Å². The molecule has 0 spiro atoms. The van der Waals surface area contributed by atoms with Crippen LogP contribution in [0.5, 0.6) is 0 Å². The minimum atomic E-state index is -0.0848. The molecule has 0 saturated carbocycles. The van der Waals surface area contributed by atoms with E-state index in [1.54, 1.807) is 0 Å². The Morgan fingerprint density at radius 2 is 1.46 bits per heavy atom. The molecule has 2 atom stereocenters. The predicted molar refractivity (Wildman–Crippen MR) is 120 cm³/mol. The van der Waals surface area contributed by atoms with Crippen molar-refractivity contribution in [3.8, 4) is 0 Å². The first-order valence-corrected chi connectivity index (χ1v) is 13.2. The van der Waals surface area contributed by atoms with Crippen molar-refractivity contribution in [3.05, 3.63) is 42.0 Å². The minimum absolute atomic E-state index is 0.0612. The molecule has 0 amide bonds. The van der Waals surface area contributed by atoms with E-state index >= 15 is 0 Å². The first-order valence-electron chi connectivity index (χ1n) is 11.3. The Morgan fingerprint density at radius 1 is 0.893 bits per heavy atom. The van der Waals surface area contributed by atoms with Crippen molar-refractivity contribution in [2.75, 3.05) is 0 Å². The van der Waals surface area contributed by atoms with E-state index in [0.717, 1.165) is 12.0 Å². The number of carbonyl (C=O) groups is 1. The molecule has 1 heterocycles. The van der Waals surface area contributed by atoms with Crippen LogP contribution >= 0.6 is 0 Å². The van der Waals surface area contributed by atoms with Crippen molar-refractivity contribution < 1.29 is 9.53 Å². The first kappa shape index (κ1) is 23.2. The van der Waals surface area contributed by atoms with Crippen molar-refractivity contribution in [1.29, 1.82) is 0 Å². The number of benzene rings is 1. The summed E-state index contributed by atoms with van der Waals surface area (Å²) in [6.45, 7) is 4.23. The normalized spacial score (nSPS) is 17.4. The quantitative estimate of drug-likeness (QED) is 0.176. The van der Waals surface area contributed by atoms with Crippen molar-refractivity contribution in [2.45, 2.75) is 102 Å². The summed E-state index contributed by atoms with van der Waals surface area (Å²) >= 11 is 0.286. The molecule has 0 N–H and O–H groups in total. The standard InChI is InChI=1S/C25H38O2Se/c1-3-4-5-6-7-8-9-10-11-12-16-19-24(23-20-21(2)27-25(23)26)28-22-17-14-13-15-18-22/h13-15,17-18,20-21,24H,3-12,16,19H2,1-2H3. The molecule has 156 valence electrons. The zero-order chi connectivity index (χ0) is 20.0. The average molecular weight is 450 g/mol. The first-order chi connectivity index (χ1) is 13.7. The molecule has 0 fully saturated rings. The summed E-state index contributed by atoms with van der Waals surface area (Å²) in [5.74, 6) is -0.0848. The number of unbranched alkanes of at least 4 members (excludes halogenated alkanes) is 10. The van der Waals surface area contributed by atoms with Gasteiger partial charge in [0.1, 0.15) is 0 Å². The zero-order valence-corrected chi connectivity index (χ0v) is 19.5. The van der Waals surface area contributed by atoms with E-state index in [1.807, 2.05) is 6.92 Å². The summed E-state index contributed by atoms with van der Waals surface area (Å²) in [5, 5.41) is 0. The van der Waals surface area contributed by atoms with Gasteiger partial charge in [0, 0.05) is 0 Å². The van der Waals surface area contributed by atoms with E-state index in [1.165, 1.54) is 75.1 Å². The third kappa shape index (κ3) is 8.97. The second-order valence-corrected chi connectivity index (χ2v) is 10.7. The van der Waals surface area contributed by atoms with Gasteiger partial charge in [-0.25, -0.2) is 0 Å². The fourth-order valence-corrected chi connectivity index (χ4v) is 6.34. The molecule has 2 nitrogen and oxygen atoms in total. The molecule has 2 unspecified atom stereocenters. The van der Waals surface area contributed by atoms with Crippen LogP contribution < -0.4 is 4.46 Å². The third-order valence-electron chi connectivity index (χ3n) is 5.38. The molecule has 1 aromatic carbocycles. The maximum absolute atomic E-state index is 12.2. The molecular formula is C25H38O2Se. The second kappa shape index (κ2) is 14.0. The summed E-state index contributed by atoms with van der Waals surface area (Å²) in [6.07, 6.45) is 18.1. The molecule has 0 bridgehead atoms. The molecule has 28 heavy (non-hydrogen) atoms. The molecule has 1 aliphatic heterocycles. The fraction of sp³-hybridized carbons (Fsp3) is 0.640. The van der Waals surface area contributed by atoms with Crippen LogP contribution in [-0.4, -0.2) is 27.0 Å². The number of esters is 1. The van der Waals surface area contributed by atoms with Crippen LogP contribution in [-0.2, 0) is 9.53 Å². The van der Waals surface area contributed by atoms with E-state index < -0.39 is 0 Å². The molecule has 1 aliphatic rings. The van der Waals surface area contributed by atoms with Gasteiger partial charge in [-0.3, -0.25) is 0 Å². The Hall–Kier alpha value is -1.05. The van der Waals surface area contributed by atoms with Gasteiger partial charge in [-0.2, -0.15) is 0 Å². The average Bonchev–Trinajstić information content (AvgIpc) is 3.04. The Kier molecular flexibility index (Phi) is 11.6. The van der Waals surface area contributed by atoms with Crippen LogP contribution in [0.3, 0.4) is 0 Å². The Morgan fingerprint density at radius 3 is 2.00 bits per heavy atom. The Labute approximate surface area is 178 Å². The van der Waals surface area contributed by atoms with Gasteiger partial charge in [-0.1, -0.05) is 13.3 Å². The topological polar surface area (TPSA) is 26.3 Å². The van der Waals surface area contributed by atoms with Gasteiger partial charge >= 0.3 is 165 Å². The van der Waals surface area contributed by atoms with Crippen molar-refractivity contribution in [1.82, 2.24) is 0 Å². The zero-order valence-electron chi connectivity index (χ0n) is 17.8. The molecule has 0 aromatic heterocycles. The number of hydrogen-bond donors (Lipinski definition) is 0. The molecule has 3 heteroatoms. The van der Waals surface area contributed by atoms with Gasteiger partial charge in [0.25, 0.3) is 0 Å².